The van der Waals surface area contributed by atoms with Crippen LogP contribution in [0.4, 0.5) is 5.82 Å². The van der Waals surface area contributed by atoms with Crippen molar-refractivity contribution in [3.8, 4) is 11.1 Å². The Kier molecular flexibility index (Phi) is 2.76. The van der Waals surface area contributed by atoms with Crippen molar-refractivity contribution in [3.63, 3.8) is 0 Å². The summed E-state index contributed by atoms with van der Waals surface area (Å²) >= 11 is 5.94. The van der Waals surface area contributed by atoms with Crippen LogP contribution in [0.2, 0.25) is 5.02 Å². The quantitative estimate of drug-likeness (QED) is 0.712. The number of aromatic amines is 1. The van der Waals surface area contributed by atoms with Gasteiger partial charge in [-0.2, -0.15) is 0 Å². The molecule has 0 radical (unpaired) electrons. The monoisotopic (exact) mass is 270 g/mol. The summed E-state index contributed by atoms with van der Waals surface area (Å²) in [6.45, 7) is 0. The van der Waals surface area contributed by atoms with Crippen molar-refractivity contribution in [2.75, 3.05) is 5.73 Å². The molecule has 0 unspecified atom stereocenters. The van der Waals surface area contributed by atoms with Crippen molar-refractivity contribution in [2.45, 2.75) is 0 Å². The van der Waals surface area contributed by atoms with Gasteiger partial charge in [0.2, 0.25) is 0 Å². The van der Waals surface area contributed by atoms with E-state index in [1.165, 1.54) is 0 Å². The molecule has 3 aromatic rings. The molecule has 0 aliphatic carbocycles. The third kappa shape index (κ3) is 1.98. The number of halogens is 1. The lowest BCUT2D eigenvalue weighted by Crippen LogP contribution is -2.10. The number of nitrogen functional groups attached to an aromatic ring is 1. The van der Waals surface area contributed by atoms with E-state index in [4.69, 9.17) is 17.3 Å². The second kappa shape index (κ2) is 4.44. The number of pyridine rings is 1. The Hall–Kier alpha value is -2.26. The molecule has 0 amide bonds. The molecule has 0 bridgehead atoms. The van der Waals surface area contributed by atoms with Crippen LogP contribution >= 0.6 is 11.6 Å². The van der Waals surface area contributed by atoms with E-state index in [0.717, 1.165) is 5.56 Å². The molecule has 0 aliphatic heterocycles. The van der Waals surface area contributed by atoms with E-state index < -0.39 is 0 Å². The van der Waals surface area contributed by atoms with E-state index in [9.17, 15) is 4.79 Å². The molecule has 0 aliphatic rings. The van der Waals surface area contributed by atoms with Crippen LogP contribution in [0, 0.1) is 0 Å². The van der Waals surface area contributed by atoms with Crippen LogP contribution in [0.25, 0.3) is 22.0 Å². The Morgan fingerprint density at radius 1 is 1.05 bits per heavy atom. The van der Waals surface area contributed by atoms with Crippen LogP contribution < -0.4 is 11.2 Å². The van der Waals surface area contributed by atoms with Crippen LogP contribution in [0.15, 0.2) is 53.3 Å². The number of fused-ring (bicyclic) bond motifs is 1. The standard InChI is InChI=1S/C15H11ClN2O/c16-10-6-7-12-11(8-10)14(19)13(15(17)18-12)9-4-2-1-3-5-9/h1-8H,(H3,17,18,19). The molecule has 1 aromatic heterocycles. The predicted octanol–water partition coefficient (Wildman–Crippen LogP) is 3.43. The van der Waals surface area contributed by atoms with Gasteiger partial charge in [0.25, 0.3) is 0 Å². The summed E-state index contributed by atoms with van der Waals surface area (Å²) in [5.41, 5.74) is 7.82. The number of aromatic nitrogens is 1. The van der Waals surface area contributed by atoms with Crippen molar-refractivity contribution in [1.82, 2.24) is 4.98 Å². The van der Waals surface area contributed by atoms with E-state index >= 15 is 0 Å². The van der Waals surface area contributed by atoms with Crippen LogP contribution in [-0.2, 0) is 0 Å². The van der Waals surface area contributed by atoms with E-state index in [-0.39, 0.29) is 5.43 Å². The Balaban J connectivity index is 2.41. The Labute approximate surface area is 114 Å². The Morgan fingerprint density at radius 3 is 2.53 bits per heavy atom. The number of benzene rings is 2. The third-order valence-corrected chi connectivity index (χ3v) is 3.29. The number of rotatable bonds is 1. The maximum absolute atomic E-state index is 12.5. The first-order chi connectivity index (χ1) is 9.16. The number of anilines is 1. The van der Waals surface area contributed by atoms with Gasteiger partial charge >= 0.3 is 0 Å². The summed E-state index contributed by atoms with van der Waals surface area (Å²) in [7, 11) is 0. The van der Waals surface area contributed by atoms with Gasteiger partial charge in [-0.25, -0.2) is 0 Å². The number of H-pyrrole nitrogens is 1. The zero-order chi connectivity index (χ0) is 13.4. The number of nitrogens with one attached hydrogen (secondary N) is 1. The molecule has 0 saturated carbocycles. The Morgan fingerprint density at radius 2 is 1.79 bits per heavy atom. The fraction of sp³-hybridized carbons (Fsp3) is 0. The van der Waals surface area contributed by atoms with Gasteiger partial charge < -0.3 is 10.7 Å². The zero-order valence-electron chi connectivity index (χ0n) is 9.98. The number of hydrogen-bond acceptors (Lipinski definition) is 2. The summed E-state index contributed by atoms with van der Waals surface area (Å²) in [4.78, 5) is 15.6. The highest BCUT2D eigenvalue weighted by molar-refractivity contribution is 6.31. The molecular formula is C15H11ClN2O. The average Bonchev–Trinajstić information content (AvgIpc) is 2.41. The van der Waals surface area contributed by atoms with E-state index in [0.29, 0.717) is 27.3 Å². The Bertz CT molecular complexity index is 809. The first-order valence-corrected chi connectivity index (χ1v) is 6.21. The van der Waals surface area contributed by atoms with Crippen LogP contribution in [0.1, 0.15) is 0 Å². The van der Waals surface area contributed by atoms with Crippen LogP contribution in [0.3, 0.4) is 0 Å². The maximum Gasteiger partial charge on any atom is 0.199 e. The molecule has 3 nitrogen and oxygen atoms in total. The fourth-order valence-corrected chi connectivity index (χ4v) is 2.34. The highest BCUT2D eigenvalue weighted by atomic mass is 35.5. The molecule has 4 heteroatoms. The second-order valence-corrected chi connectivity index (χ2v) is 4.74. The summed E-state index contributed by atoms with van der Waals surface area (Å²) in [5, 5.41) is 1.07. The number of hydrogen-bond donors (Lipinski definition) is 2. The largest absolute Gasteiger partial charge is 0.385 e. The molecule has 3 rings (SSSR count). The highest BCUT2D eigenvalue weighted by Crippen LogP contribution is 2.24. The van der Waals surface area contributed by atoms with Crippen LogP contribution in [0.5, 0.6) is 0 Å². The van der Waals surface area contributed by atoms with Gasteiger partial charge in [0.05, 0.1) is 11.1 Å². The lowest BCUT2D eigenvalue weighted by molar-refractivity contribution is 1.39. The molecule has 3 N–H and O–H groups in total. The maximum atomic E-state index is 12.5. The molecule has 0 saturated heterocycles. The van der Waals surface area contributed by atoms with E-state index in [1.54, 1.807) is 18.2 Å². The van der Waals surface area contributed by atoms with E-state index in [2.05, 4.69) is 4.98 Å². The van der Waals surface area contributed by atoms with Gasteiger partial charge in [-0.3, -0.25) is 4.79 Å². The van der Waals surface area contributed by atoms with Crippen molar-refractivity contribution in [3.05, 3.63) is 63.8 Å². The van der Waals surface area contributed by atoms with Gasteiger partial charge in [-0.05, 0) is 23.8 Å². The summed E-state index contributed by atoms with van der Waals surface area (Å²) in [6, 6.07) is 14.5. The van der Waals surface area contributed by atoms with Gasteiger partial charge in [0.15, 0.2) is 5.43 Å². The molecule has 19 heavy (non-hydrogen) atoms. The summed E-state index contributed by atoms with van der Waals surface area (Å²) in [5.74, 6) is 0.367. The zero-order valence-corrected chi connectivity index (χ0v) is 10.7. The fourth-order valence-electron chi connectivity index (χ4n) is 2.17. The van der Waals surface area contributed by atoms with Gasteiger partial charge in [0, 0.05) is 10.4 Å². The normalized spacial score (nSPS) is 10.8. The molecule has 0 atom stereocenters. The van der Waals surface area contributed by atoms with Crippen LogP contribution in [-0.4, -0.2) is 4.98 Å². The van der Waals surface area contributed by atoms with Gasteiger partial charge in [-0.1, -0.05) is 41.9 Å². The molecule has 0 fully saturated rings. The lowest BCUT2D eigenvalue weighted by atomic mass is 10.0. The highest BCUT2D eigenvalue weighted by Gasteiger charge is 2.11. The average molecular weight is 271 g/mol. The molecule has 0 spiro atoms. The lowest BCUT2D eigenvalue weighted by Gasteiger charge is -2.08. The third-order valence-electron chi connectivity index (χ3n) is 3.05. The topological polar surface area (TPSA) is 58.9 Å². The van der Waals surface area contributed by atoms with Gasteiger partial charge in [-0.15, -0.1) is 0 Å². The SMILES string of the molecule is Nc1[nH]c2ccc(Cl)cc2c(=O)c1-c1ccccc1. The van der Waals surface area contributed by atoms with Gasteiger partial charge in [0.1, 0.15) is 5.82 Å². The predicted molar refractivity (Wildman–Crippen MR) is 79.4 cm³/mol. The summed E-state index contributed by atoms with van der Waals surface area (Å²) < 4.78 is 0. The first kappa shape index (κ1) is 11.8. The minimum Gasteiger partial charge on any atom is -0.385 e. The minimum atomic E-state index is -0.111. The smallest absolute Gasteiger partial charge is 0.199 e. The molecule has 1 heterocycles. The van der Waals surface area contributed by atoms with Crippen molar-refractivity contribution < 1.29 is 0 Å². The number of nitrogens with two attached hydrogens (primary N) is 1. The first-order valence-electron chi connectivity index (χ1n) is 5.83. The van der Waals surface area contributed by atoms with Crippen molar-refractivity contribution >= 4 is 28.3 Å². The minimum absolute atomic E-state index is 0.111. The second-order valence-electron chi connectivity index (χ2n) is 4.30. The van der Waals surface area contributed by atoms with E-state index in [1.807, 2.05) is 30.3 Å². The van der Waals surface area contributed by atoms with Crippen molar-refractivity contribution in [2.24, 2.45) is 0 Å². The van der Waals surface area contributed by atoms with Crippen molar-refractivity contribution in [1.29, 1.82) is 0 Å². The molecule has 94 valence electrons. The summed E-state index contributed by atoms with van der Waals surface area (Å²) in [6.07, 6.45) is 0. The molecular weight excluding hydrogens is 260 g/mol. The molecule has 2 aromatic carbocycles.